The van der Waals surface area contributed by atoms with Gasteiger partial charge in [0.15, 0.2) is 5.65 Å². The molecule has 0 atom stereocenters. The van der Waals surface area contributed by atoms with Gasteiger partial charge in [-0.15, -0.1) is 12.4 Å². The Labute approximate surface area is 146 Å². The molecular formula is C16H21ClN6O. The minimum absolute atomic E-state index is 0. The van der Waals surface area contributed by atoms with E-state index in [1.807, 2.05) is 30.3 Å². The van der Waals surface area contributed by atoms with Gasteiger partial charge < -0.3 is 22.7 Å². The number of nitrogens with zero attached hydrogens (tertiary/aromatic N) is 3. The van der Waals surface area contributed by atoms with Gasteiger partial charge in [0, 0.05) is 11.1 Å². The van der Waals surface area contributed by atoms with Crippen LogP contribution in [0.1, 0.15) is 18.9 Å². The Morgan fingerprint density at radius 2 is 1.58 bits per heavy atom. The first-order chi connectivity index (χ1) is 10.6. The van der Waals surface area contributed by atoms with E-state index in [4.69, 9.17) is 17.2 Å². The van der Waals surface area contributed by atoms with Gasteiger partial charge in [-0.3, -0.25) is 0 Å². The Kier molecular flexibility index (Phi) is 6.27. The lowest BCUT2D eigenvalue weighted by Gasteiger charge is -2.15. The van der Waals surface area contributed by atoms with E-state index in [1.54, 1.807) is 0 Å². The monoisotopic (exact) mass is 348 g/mol. The molecule has 2 aromatic heterocycles. The molecule has 0 aliphatic heterocycles. The van der Waals surface area contributed by atoms with Crippen molar-refractivity contribution in [2.45, 2.75) is 19.8 Å². The summed E-state index contributed by atoms with van der Waals surface area (Å²) in [7, 11) is 0. The molecule has 7 nitrogen and oxygen atoms in total. The number of nitrogen functional groups attached to an aromatic ring is 3. The number of fused-ring (bicyclic) bond motifs is 1. The molecule has 3 rings (SSSR count). The summed E-state index contributed by atoms with van der Waals surface area (Å²) < 4.78 is 0. The lowest BCUT2D eigenvalue weighted by molar-refractivity contribution is 0.824. The summed E-state index contributed by atoms with van der Waals surface area (Å²) in [5.74, 6) is 0.885. The van der Waals surface area contributed by atoms with Gasteiger partial charge in [-0.2, -0.15) is 9.97 Å². The Balaban J connectivity index is 0.00000144. The maximum atomic E-state index is 6.16. The van der Waals surface area contributed by atoms with Crippen LogP contribution in [0.3, 0.4) is 0 Å². The second-order valence-corrected chi connectivity index (χ2v) is 5.13. The van der Waals surface area contributed by atoms with Gasteiger partial charge in [-0.25, -0.2) is 4.98 Å². The van der Waals surface area contributed by atoms with Crippen LogP contribution in [0.5, 0.6) is 0 Å². The Bertz CT molecular complexity index is 841. The zero-order valence-corrected chi connectivity index (χ0v) is 14.1. The van der Waals surface area contributed by atoms with Crippen LogP contribution < -0.4 is 17.2 Å². The molecule has 128 valence electrons. The number of pyridine rings is 1. The summed E-state index contributed by atoms with van der Waals surface area (Å²) in [4.78, 5) is 12.6. The third-order valence-electron chi connectivity index (χ3n) is 3.58. The molecule has 0 aliphatic carbocycles. The van der Waals surface area contributed by atoms with Crippen LogP contribution in [0.4, 0.5) is 17.6 Å². The van der Waals surface area contributed by atoms with Gasteiger partial charge in [-0.05, 0) is 12.0 Å². The van der Waals surface area contributed by atoms with Gasteiger partial charge in [0.1, 0.15) is 11.6 Å². The van der Waals surface area contributed by atoms with Crippen LogP contribution in [0.2, 0.25) is 0 Å². The molecule has 2 heterocycles. The molecule has 0 unspecified atom stereocenters. The molecule has 0 fully saturated rings. The second kappa shape index (κ2) is 7.76. The van der Waals surface area contributed by atoms with Crippen LogP contribution >= 0.6 is 12.4 Å². The fraction of sp³-hybridized carbons (Fsp3) is 0.188. The standard InChI is InChI=1S/C16H18N6.ClH.H2O/c1-2-6-10-11(9-7-4-3-5-8-9)12-14(18)21-16(19)22-15(12)20-13(10)17;;/h3-5,7-8H,2,6H2,1H3,(H6,17,18,19,20,21,22);1H;1H2. The number of rotatable bonds is 3. The quantitative estimate of drug-likeness (QED) is 0.658. The van der Waals surface area contributed by atoms with Crippen LogP contribution in [0, 0.1) is 0 Å². The Hall–Kier alpha value is -2.64. The number of benzene rings is 1. The van der Waals surface area contributed by atoms with E-state index in [1.165, 1.54) is 0 Å². The second-order valence-electron chi connectivity index (χ2n) is 5.13. The summed E-state index contributed by atoms with van der Waals surface area (Å²) in [6.45, 7) is 2.10. The summed E-state index contributed by atoms with van der Waals surface area (Å²) in [6, 6.07) is 9.95. The lowest BCUT2D eigenvalue weighted by Crippen LogP contribution is -2.07. The summed E-state index contributed by atoms with van der Waals surface area (Å²) in [6.07, 6.45) is 1.76. The minimum atomic E-state index is 0. The minimum Gasteiger partial charge on any atom is -0.412 e. The molecule has 0 radical (unpaired) electrons. The highest BCUT2D eigenvalue weighted by Gasteiger charge is 2.18. The molecule has 1 aromatic carbocycles. The predicted octanol–water partition coefficient (Wildman–Crippen LogP) is 1.99. The molecule has 3 aromatic rings. The third-order valence-corrected chi connectivity index (χ3v) is 3.58. The van der Waals surface area contributed by atoms with E-state index in [2.05, 4.69) is 21.9 Å². The Morgan fingerprint density at radius 3 is 2.21 bits per heavy atom. The van der Waals surface area contributed by atoms with Crippen molar-refractivity contribution in [2.24, 2.45) is 0 Å². The summed E-state index contributed by atoms with van der Waals surface area (Å²) in [5, 5.41) is 0.707. The van der Waals surface area contributed by atoms with Crippen LogP contribution in [-0.2, 0) is 6.42 Å². The SMILES string of the molecule is CCCc1c(N)nc2nc(N)nc(N)c2c1-c1ccccc1.Cl.O. The highest BCUT2D eigenvalue weighted by Crippen LogP contribution is 2.36. The van der Waals surface area contributed by atoms with E-state index >= 15 is 0 Å². The highest BCUT2D eigenvalue weighted by atomic mass is 35.5. The first-order valence-corrected chi connectivity index (χ1v) is 7.18. The first-order valence-electron chi connectivity index (χ1n) is 7.18. The van der Waals surface area contributed by atoms with Crippen LogP contribution in [0.25, 0.3) is 22.2 Å². The molecule has 8 heteroatoms. The largest absolute Gasteiger partial charge is 0.412 e. The van der Waals surface area contributed by atoms with Crippen molar-refractivity contribution in [1.82, 2.24) is 15.0 Å². The summed E-state index contributed by atoms with van der Waals surface area (Å²) >= 11 is 0. The predicted molar refractivity (Wildman–Crippen MR) is 101 cm³/mol. The van der Waals surface area contributed by atoms with E-state index in [-0.39, 0.29) is 23.8 Å². The van der Waals surface area contributed by atoms with Gasteiger partial charge in [-0.1, -0.05) is 43.7 Å². The van der Waals surface area contributed by atoms with Gasteiger partial charge in [0.2, 0.25) is 5.95 Å². The van der Waals surface area contributed by atoms with Crippen molar-refractivity contribution in [3.8, 4) is 11.1 Å². The number of nitrogens with two attached hydrogens (primary N) is 3. The number of aromatic nitrogens is 3. The van der Waals surface area contributed by atoms with E-state index < -0.39 is 0 Å². The number of hydrogen-bond acceptors (Lipinski definition) is 6. The van der Waals surface area contributed by atoms with Crippen molar-refractivity contribution in [3.63, 3.8) is 0 Å². The molecule has 0 bridgehead atoms. The molecule has 8 N–H and O–H groups in total. The van der Waals surface area contributed by atoms with Gasteiger partial charge in [0.25, 0.3) is 0 Å². The average Bonchev–Trinajstić information content (AvgIpc) is 2.49. The fourth-order valence-electron chi connectivity index (χ4n) is 2.69. The van der Waals surface area contributed by atoms with Crippen molar-refractivity contribution in [1.29, 1.82) is 0 Å². The molecular weight excluding hydrogens is 328 g/mol. The van der Waals surface area contributed by atoms with Crippen molar-refractivity contribution < 1.29 is 5.48 Å². The Morgan fingerprint density at radius 1 is 0.917 bits per heavy atom. The molecule has 0 aliphatic rings. The van der Waals surface area contributed by atoms with E-state index in [0.717, 1.165) is 29.5 Å². The normalized spacial score (nSPS) is 10.0. The van der Waals surface area contributed by atoms with E-state index in [9.17, 15) is 0 Å². The summed E-state index contributed by atoms with van der Waals surface area (Å²) in [5.41, 5.74) is 21.3. The zero-order chi connectivity index (χ0) is 15.7. The molecule has 0 amide bonds. The van der Waals surface area contributed by atoms with Crippen LogP contribution in [0.15, 0.2) is 30.3 Å². The van der Waals surface area contributed by atoms with E-state index in [0.29, 0.717) is 22.7 Å². The van der Waals surface area contributed by atoms with Crippen molar-refractivity contribution >= 4 is 41.0 Å². The topological polar surface area (TPSA) is 148 Å². The van der Waals surface area contributed by atoms with Crippen LogP contribution in [-0.4, -0.2) is 20.4 Å². The average molecular weight is 349 g/mol. The third kappa shape index (κ3) is 3.32. The highest BCUT2D eigenvalue weighted by molar-refractivity contribution is 6.02. The zero-order valence-electron chi connectivity index (χ0n) is 13.3. The van der Waals surface area contributed by atoms with Gasteiger partial charge >= 0.3 is 0 Å². The number of halogens is 1. The fourth-order valence-corrected chi connectivity index (χ4v) is 2.69. The lowest BCUT2D eigenvalue weighted by atomic mass is 9.94. The number of hydrogen-bond donors (Lipinski definition) is 3. The van der Waals surface area contributed by atoms with Crippen molar-refractivity contribution in [2.75, 3.05) is 17.2 Å². The maximum absolute atomic E-state index is 6.16. The maximum Gasteiger partial charge on any atom is 0.224 e. The number of anilines is 3. The first kappa shape index (κ1) is 19.4. The molecule has 0 spiro atoms. The smallest absolute Gasteiger partial charge is 0.224 e. The molecule has 24 heavy (non-hydrogen) atoms. The molecule has 0 saturated carbocycles. The van der Waals surface area contributed by atoms with Crippen molar-refractivity contribution in [3.05, 3.63) is 35.9 Å². The van der Waals surface area contributed by atoms with Gasteiger partial charge in [0.05, 0.1) is 5.39 Å². The molecule has 0 saturated heterocycles.